The van der Waals surface area contributed by atoms with Crippen molar-refractivity contribution in [3.63, 3.8) is 0 Å². The van der Waals surface area contributed by atoms with Crippen molar-refractivity contribution in [2.45, 2.75) is 32.3 Å². The van der Waals surface area contributed by atoms with Crippen LogP contribution in [0, 0.1) is 0 Å². The summed E-state index contributed by atoms with van der Waals surface area (Å²) < 4.78 is 0. The Balaban J connectivity index is 0.00000144. The summed E-state index contributed by atoms with van der Waals surface area (Å²) in [4.78, 5) is 0. The molecule has 0 saturated heterocycles. The van der Waals surface area contributed by atoms with E-state index in [9.17, 15) is 0 Å². The molecule has 1 fully saturated rings. The Morgan fingerprint density at radius 2 is 0.462 bits per heavy atom. The van der Waals surface area contributed by atoms with Gasteiger partial charge in [-0.15, -0.1) is 69.6 Å². The molecule has 0 N–H and O–H groups in total. The fraction of sp³-hybridized carbons (Fsp3) is 1.00. The third kappa shape index (κ3) is 3.31. The summed E-state index contributed by atoms with van der Waals surface area (Å²) in [6.07, 6.45) is 0. The molecule has 0 aliphatic heterocycles. The minimum absolute atomic E-state index is 0. The summed E-state index contributed by atoms with van der Waals surface area (Å²) in [5.74, 6) is 0. The fourth-order valence-electron chi connectivity index (χ4n) is 1.05. The molecule has 1 aliphatic carbocycles. The maximum absolute atomic E-state index is 5.88. The quantitative estimate of drug-likeness (QED) is 0.355. The summed E-state index contributed by atoms with van der Waals surface area (Å²) in [6, 6.07) is 0. The maximum atomic E-state index is 5.88. The van der Waals surface area contributed by atoms with Crippen LogP contribution in [0.2, 0.25) is 0 Å². The average Bonchev–Trinajstić information content (AvgIpc) is 2.08. The predicted octanol–water partition coefficient (Wildman–Crippen LogP) is 2.73. The Labute approximate surface area is 128 Å². The van der Waals surface area contributed by atoms with Crippen molar-refractivity contribution in [2.24, 2.45) is 0 Å². The molecule has 0 amide bonds. The molecule has 0 aromatic rings. The van der Waals surface area contributed by atoms with E-state index >= 15 is 0 Å². The number of rotatable bonds is 0. The number of hydrogen-bond donors (Lipinski definition) is 0. The van der Waals surface area contributed by atoms with Crippen LogP contribution in [0.1, 0.15) is 0 Å². The van der Waals surface area contributed by atoms with Crippen LogP contribution in [0.15, 0.2) is 0 Å². The second-order valence-corrected chi connectivity index (χ2v) is 5.69. The number of alkyl halides is 6. The first-order chi connectivity index (χ1) is 5.46. The zero-order valence-corrected chi connectivity index (χ0v) is 16.5. The molecule has 0 spiro atoms. The topological polar surface area (TPSA) is 0 Å². The Bertz CT molecular complexity index is 109. The summed E-state index contributed by atoms with van der Waals surface area (Å²) in [7, 11) is 0. The van der Waals surface area contributed by atoms with E-state index in [0.717, 1.165) is 0 Å². The molecule has 0 atom stereocenters. The first-order valence-corrected chi connectivity index (χ1v) is 5.93. The van der Waals surface area contributed by atoms with Gasteiger partial charge in [0.25, 0.3) is 0 Å². The first kappa shape index (κ1) is 15.7. The summed E-state index contributed by atoms with van der Waals surface area (Å²) in [6.45, 7) is 0. The average molecular weight is 500 g/mol. The van der Waals surface area contributed by atoms with Crippen LogP contribution in [0.3, 0.4) is 0 Å². The van der Waals surface area contributed by atoms with Gasteiger partial charge in [0, 0.05) is 0 Å². The monoisotopic (exact) mass is 498 g/mol. The third-order valence-corrected chi connectivity index (χ3v) is 5.86. The Hall–Kier alpha value is 2.66. The fourth-order valence-corrected chi connectivity index (χ4v) is 3.38. The van der Waals surface area contributed by atoms with E-state index in [1.807, 2.05) is 0 Å². The van der Waals surface area contributed by atoms with Crippen LogP contribution in [0.25, 0.3) is 0 Å². The molecular formula is C6H8Cl6Pb. The molecule has 0 nitrogen and oxygen atoms in total. The van der Waals surface area contributed by atoms with Gasteiger partial charge in [0.2, 0.25) is 0 Å². The second-order valence-electron chi connectivity index (χ2n) is 2.67. The van der Waals surface area contributed by atoms with Gasteiger partial charge >= 0.3 is 27.3 Å². The molecule has 1 aliphatic rings. The summed E-state index contributed by atoms with van der Waals surface area (Å²) in [5, 5.41) is -2.62. The van der Waals surface area contributed by atoms with Gasteiger partial charge in [-0.1, -0.05) is 0 Å². The van der Waals surface area contributed by atoms with Gasteiger partial charge in [0.15, 0.2) is 0 Å². The van der Waals surface area contributed by atoms with Crippen LogP contribution >= 0.6 is 69.6 Å². The Morgan fingerprint density at radius 3 is 0.538 bits per heavy atom. The van der Waals surface area contributed by atoms with Crippen molar-refractivity contribution < 1.29 is 0 Å². The standard InChI is InChI=1S/C6H6Cl6.Pb.2H/c7-1-2(8)4(10)6(12)5(11)3(1)9;;;/h1-6H;;;/t1-,2-,3-,4+,5+,6+;;;. The van der Waals surface area contributed by atoms with Crippen molar-refractivity contribution in [1.29, 1.82) is 0 Å². The van der Waals surface area contributed by atoms with Crippen LogP contribution in [-0.4, -0.2) is 59.6 Å². The van der Waals surface area contributed by atoms with Gasteiger partial charge in [-0.05, 0) is 0 Å². The van der Waals surface area contributed by atoms with Gasteiger partial charge in [-0.2, -0.15) is 0 Å². The molecular weight excluding hydrogens is 492 g/mol. The van der Waals surface area contributed by atoms with E-state index in [1.54, 1.807) is 0 Å². The molecule has 2 radical (unpaired) electrons. The van der Waals surface area contributed by atoms with Gasteiger partial charge in [-0.25, -0.2) is 0 Å². The van der Waals surface area contributed by atoms with E-state index in [0.29, 0.717) is 0 Å². The molecule has 1 saturated carbocycles. The second kappa shape index (κ2) is 6.41. The van der Waals surface area contributed by atoms with E-state index in [1.165, 1.54) is 0 Å². The van der Waals surface area contributed by atoms with Crippen molar-refractivity contribution in [3.05, 3.63) is 0 Å². The molecule has 0 heterocycles. The normalized spacial score (nSPS) is 51.2. The van der Waals surface area contributed by atoms with Crippen LogP contribution < -0.4 is 0 Å². The predicted molar refractivity (Wildman–Crippen MR) is 66.4 cm³/mol. The zero-order chi connectivity index (χ0) is 9.46. The molecule has 0 unspecified atom stereocenters. The van der Waals surface area contributed by atoms with Crippen LogP contribution in [-0.2, 0) is 0 Å². The van der Waals surface area contributed by atoms with E-state index in [-0.39, 0.29) is 27.3 Å². The van der Waals surface area contributed by atoms with Crippen LogP contribution in [0.5, 0.6) is 0 Å². The molecule has 0 bridgehead atoms. The SMILES string of the molecule is Cl[C@H]1[C@H](Cl)[C@@H](Cl)[C@@H](Cl)[C@H](Cl)[C@H]1Cl.[PbH2]. The summed E-state index contributed by atoms with van der Waals surface area (Å²) in [5.41, 5.74) is 0. The van der Waals surface area contributed by atoms with Gasteiger partial charge in [0.1, 0.15) is 0 Å². The van der Waals surface area contributed by atoms with Gasteiger partial charge < -0.3 is 0 Å². The zero-order valence-electron chi connectivity index (χ0n) is 6.44. The summed E-state index contributed by atoms with van der Waals surface area (Å²) >= 11 is 35.3. The van der Waals surface area contributed by atoms with E-state index < -0.39 is 32.3 Å². The number of halogens is 6. The van der Waals surface area contributed by atoms with E-state index in [2.05, 4.69) is 0 Å². The molecule has 7 heteroatoms. The first-order valence-electron chi connectivity index (χ1n) is 3.31. The van der Waals surface area contributed by atoms with Crippen molar-refractivity contribution in [2.75, 3.05) is 0 Å². The van der Waals surface area contributed by atoms with Crippen molar-refractivity contribution >= 4 is 96.9 Å². The molecule has 0 aromatic carbocycles. The van der Waals surface area contributed by atoms with Crippen LogP contribution in [0.4, 0.5) is 0 Å². The minimum atomic E-state index is -0.437. The van der Waals surface area contributed by atoms with Crippen molar-refractivity contribution in [1.82, 2.24) is 0 Å². The molecule has 78 valence electrons. The van der Waals surface area contributed by atoms with Gasteiger partial charge in [0.05, 0.1) is 32.3 Å². The Morgan fingerprint density at radius 1 is 0.385 bits per heavy atom. The van der Waals surface area contributed by atoms with Crippen molar-refractivity contribution in [3.8, 4) is 0 Å². The molecule has 1 rings (SSSR count). The molecule has 0 aromatic heterocycles. The third-order valence-electron chi connectivity index (χ3n) is 1.83. The Kier molecular flexibility index (Phi) is 7.72. The molecule has 13 heavy (non-hydrogen) atoms. The van der Waals surface area contributed by atoms with E-state index in [4.69, 9.17) is 69.6 Å². The van der Waals surface area contributed by atoms with Gasteiger partial charge in [-0.3, -0.25) is 0 Å². The number of hydrogen-bond acceptors (Lipinski definition) is 0.